The number of nitrogens with zero attached hydrogens (tertiary/aromatic N) is 3. The zero-order valence-corrected chi connectivity index (χ0v) is 12.9. The van der Waals surface area contributed by atoms with E-state index in [2.05, 4.69) is 20.3 Å². The third kappa shape index (κ3) is 4.35. The van der Waals surface area contributed by atoms with Crippen LogP contribution in [0.25, 0.3) is 0 Å². The third-order valence-corrected chi connectivity index (χ3v) is 3.13. The fraction of sp³-hybridized carbons (Fsp3) is 0.214. The SMILES string of the molecule is COc1ccc(Nc2cc(N=C(N)SC)nc(C)n2)cc1. The average Bonchev–Trinajstić information content (AvgIpc) is 2.47. The largest absolute Gasteiger partial charge is 0.497 e. The summed E-state index contributed by atoms with van der Waals surface area (Å²) in [5.74, 6) is 2.63. The van der Waals surface area contributed by atoms with E-state index >= 15 is 0 Å². The highest BCUT2D eigenvalue weighted by atomic mass is 32.2. The Kier molecular flexibility index (Phi) is 4.99. The van der Waals surface area contributed by atoms with Crippen LogP contribution >= 0.6 is 11.8 Å². The first kappa shape index (κ1) is 15.1. The third-order valence-electron chi connectivity index (χ3n) is 2.62. The van der Waals surface area contributed by atoms with Gasteiger partial charge in [0.05, 0.1) is 7.11 Å². The van der Waals surface area contributed by atoms with E-state index in [0.29, 0.717) is 22.6 Å². The number of nitrogens with two attached hydrogens (primary N) is 1. The van der Waals surface area contributed by atoms with E-state index in [-0.39, 0.29) is 0 Å². The Balaban J connectivity index is 2.23. The van der Waals surface area contributed by atoms with Gasteiger partial charge in [-0.1, -0.05) is 11.8 Å². The van der Waals surface area contributed by atoms with Crippen molar-refractivity contribution < 1.29 is 4.74 Å². The lowest BCUT2D eigenvalue weighted by Gasteiger charge is -2.08. The van der Waals surface area contributed by atoms with Crippen LogP contribution in [0.15, 0.2) is 35.3 Å². The molecular weight excluding hydrogens is 286 g/mol. The van der Waals surface area contributed by atoms with Crippen LogP contribution in [0.5, 0.6) is 5.75 Å². The van der Waals surface area contributed by atoms with Gasteiger partial charge in [0.1, 0.15) is 17.4 Å². The van der Waals surface area contributed by atoms with E-state index in [1.807, 2.05) is 37.4 Å². The maximum absolute atomic E-state index is 5.71. The Bertz CT molecular complexity index is 642. The fourth-order valence-corrected chi connectivity index (χ4v) is 1.84. The lowest BCUT2D eigenvalue weighted by molar-refractivity contribution is 0.415. The summed E-state index contributed by atoms with van der Waals surface area (Å²) in [5.41, 5.74) is 6.61. The van der Waals surface area contributed by atoms with Crippen LogP contribution < -0.4 is 15.8 Å². The summed E-state index contributed by atoms with van der Waals surface area (Å²) < 4.78 is 5.13. The van der Waals surface area contributed by atoms with Crippen molar-refractivity contribution in [3.05, 3.63) is 36.2 Å². The first-order valence-electron chi connectivity index (χ1n) is 6.25. The number of benzene rings is 1. The topological polar surface area (TPSA) is 85.4 Å². The quantitative estimate of drug-likeness (QED) is 0.667. The van der Waals surface area contributed by atoms with Crippen molar-refractivity contribution in [1.29, 1.82) is 0 Å². The molecule has 0 aliphatic heterocycles. The monoisotopic (exact) mass is 303 g/mol. The van der Waals surface area contributed by atoms with Gasteiger partial charge in [0.25, 0.3) is 0 Å². The van der Waals surface area contributed by atoms with Gasteiger partial charge in [-0.05, 0) is 37.4 Å². The van der Waals surface area contributed by atoms with E-state index in [1.165, 1.54) is 11.8 Å². The number of anilines is 2. The molecule has 6 nitrogen and oxygen atoms in total. The molecule has 2 rings (SSSR count). The molecule has 0 saturated carbocycles. The molecular formula is C14H17N5OS. The molecule has 0 bridgehead atoms. The second kappa shape index (κ2) is 6.94. The Labute approximate surface area is 127 Å². The smallest absolute Gasteiger partial charge is 0.160 e. The van der Waals surface area contributed by atoms with Crippen molar-refractivity contribution in [3.8, 4) is 5.75 Å². The molecule has 0 aliphatic rings. The minimum absolute atomic E-state index is 0.462. The van der Waals surface area contributed by atoms with Crippen molar-refractivity contribution in [3.63, 3.8) is 0 Å². The number of hydrogen-bond acceptors (Lipinski definition) is 6. The van der Waals surface area contributed by atoms with Gasteiger partial charge in [0.15, 0.2) is 11.0 Å². The summed E-state index contributed by atoms with van der Waals surface area (Å²) in [6.07, 6.45) is 1.86. The van der Waals surface area contributed by atoms with Crippen LogP contribution in [0, 0.1) is 6.92 Å². The fourth-order valence-electron chi connectivity index (χ4n) is 1.65. The average molecular weight is 303 g/mol. The van der Waals surface area contributed by atoms with E-state index < -0.39 is 0 Å². The van der Waals surface area contributed by atoms with Gasteiger partial charge in [-0.2, -0.15) is 0 Å². The number of methoxy groups -OCH3 is 1. The predicted molar refractivity (Wildman–Crippen MR) is 87.8 cm³/mol. The molecule has 0 fully saturated rings. The number of aliphatic imine (C=N–C) groups is 1. The molecule has 21 heavy (non-hydrogen) atoms. The van der Waals surface area contributed by atoms with E-state index in [1.54, 1.807) is 13.2 Å². The standard InChI is InChI=1S/C14H17N5OS/c1-9-16-12(8-13(17-9)19-14(15)21-3)18-10-4-6-11(20-2)7-5-10/h4-8H,1-3H3,(H3,15,16,17,18,19). The predicted octanol–water partition coefficient (Wildman–Crippen LogP) is 2.85. The first-order chi connectivity index (χ1) is 10.1. The van der Waals surface area contributed by atoms with Crippen molar-refractivity contribution in [1.82, 2.24) is 9.97 Å². The number of hydrogen-bond donors (Lipinski definition) is 2. The molecule has 1 heterocycles. The van der Waals surface area contributed by atoms with Crippen LogP contribution in [0.4, 0.5) is 17.3 Å². The molecule has 2 aromatic rings. The summed E-state index contributed by atoms with van der Waals surface area (Å²) in [5, 5.41) is 3.67. The van der Waals surface area contributed by atoms with Crippen molar-refractivity contribution >= 4 is 34.3 Å². The van der Waals surface area contributed by atoms with Gasteiger partial charge in [0.2, 0.25) is 0 Å². The van der Waals surface area contributed by atoms with Gasteiger partial charge >= 0.3 is 0 Å². The maximum atomic E-state index is 5.71. The number of aromatic nitrogens is 2. The summed E-state index contributed by atoms with van der Waals surface area (Å²) in [4.78, 5) is 12.8. The van der Waals surface area contributed by atoms with Crippen molar-refractivity contribution in [2.75, 3.05) is 18.7 Å². The summed E-state index contributed by atoms with van der Waals surface area (Å²) >= 11 is 1.37. The number of rotatable bonds is 4. The molecule has 0 radical (unpaired) electrons. The summed E-state index contributed by atoms with van der Waals surface area (Å²) in [6.45, 7) is 1.81. The molecule has 0 amide bonds. The Morgan fingerprint density at radius 3 is 2.62 bits per heavy atom. The zero-order chi connectivity index (χ0) is 15.2. The minimum atomic E-state index is 0.462. The van der Waals surface area contributed by atoms with Gasteiger partial charge < -0.3 is 15.8 Å². The normalized spacial score (nSPS) is 11.3. The van der Waals surface area contributed by atoms with Crippen LogP contribution in [0.2, 0.25) is 0 Å². The zero-order valence-electron chi connectivity index (χ0n) is 12.1. The summed E-state index contributed by atoms with van der Waals surface area (Å²) in [7, 11) is 1.64. The molecule has 0 unspecified atom stereocenters. The minimum Gasteiger partial charge on any atom is -0.497 e. The Morgan fingerprint density at radius 1 is 1.29 bits per heavy atom. The molecule has 1 aromatic carbocycles. The lowest BCUT2D eigenvalue weighted by atomic mass is 10.3. The second-order valence-electron chi connectivity index (χ2n) is 4.17. The molecule has 0 saturated heterocycles. The number of amidine groups is 1. The highest BCUT2D eigenvalue weighted by Gasteiger charge is 2.03. The summed E-state index contributed by atoms with van der Waals surface area (Å²) in [6, 6.07) is 9.33. The number of thioether (sulfide) groups is 1. The molecule has 0 atom stereocenters. The van der Waals surface area contributed by atoms with Gasteiger partial charge in [0, 0.05) is 11.8 Å². The Morgan fingerprint density at radius 2 is 2.00 bits per heavy atom. The molecule has 110 valence electrons. The van der Waals surface area contributed by atoms with E-state index in [0.717, 1.165) is 11.4 Å². The first-order valence-corrected chi connectivity index (χ1v) is 7.48. The maximum Gasteiger partial charge on any atom is 0.160 e. The molecule has 7 heteroatoms. The van der Waals surface area contributed by atoms with E-state index in [4.69, 9.17) is 10.5 Å². The van der Waals surface area contributed by atoms with Crippen LogP contribution in [-0.4, -0.2) is 28.5 Å². The van der Waals surface area contributed by atoms with Gasteiger partial charge in [-0.25, -0.2) is 15.0 Å². The highest BCUT2D eigenvalue weighted by Crippen LogP contribution is 2.21. The van der Waals surface area contributed by atoms with Crippen LogP contribution in [0.1, 0.15) is 5.82 Å². The van der Waals surface area contributed by atoms with Crippen molar-refractivity contribution in [2.45, 2.75) is 6.92 Å². The van der Waals surface area contributed by atoms with Crippen molar-refractivity contribution in [2.24, 2.45) is 10.7 Å². The molecule has 3 N–H and O–H groups in total. The Hall–Kier alpha value is -2.28. The number of aryl methyl sites for hydroxylation is 1. The molecule has 0 spiro atoms. The van der Waals surface area contributed by atoms with Crippen LogP contribution in [-0.2, 0) is 0 Å². The molecule has 1 aromatic heterocycles. The lowest BCUT2D eigenvalue weighted by Crippen LogP contribution is -2.05. The number of ether oxygens (including phenoxy) is 1. The highest BCUT2D eigenvalue weighted by molar-refractivity contribution is 8.13. The van der Waals surface area contributed by atoms with Crippen LogP contribution in [0.3, 0.4) is 0 Å². The second-order valence-corrected chi connectivity index (χ2v) is 4.99. The number of nitrogens with one attached hydrogen (secondary N) is 1. The van der Waals surface area contributed by atoms with Gasteiger partial charge in [-0.15, -0.1) is 0 Å². The van der Waals surface area contributed by atoms with E-state index in [9.17, 15) is 0 Å². The van der Waals surface area contributed by atoms with Gasteiger partial charge in [-0.3, -0.25) is 0 Å². The molecule has 0 aliphatic carbocycles.